The fraction of sp³-hybridized carbons (Fsp3) is 0.370. The number of piperidine rings is 1. The van der Waals surface area contributed by atoms with E-state index in [0.717, 1.165) is 55.8 Å². The molecule has 8 nitrogen and oxygen atoms in total. The van der Waals surface area contributed by atoms with Gasteiger partial charge < -0.3 is 24.4 Å². The molecule has 35 heavy (non-hydrogen) atoms. The van der Waals surface area contributed by atoms with Crippen LogP contribution in [0.3, 0.4) is 0 Å². The first-order chi connectivity index (χ1) is 17.1. The molecule has 0 radical (unpaired) electrons. The molecule has 1 N–H and O–H groups in total. The second kappa shape index (κ2) is 10.3. The van der Waals surface area contributed by atoms with Crippen LogP contribution >= 0.6 is 0 Å². The molecule has 1 amide bonds. The van der Waals surface area contributed by atoms with Crippen molar-refractivity contribution in [2.45, 2.75) is 19.3 Å². The monoisotopic (exact) mass is 475 g/mol. The van der Waals surface area contributed by atoms with Gasteiger partial charge in [-0.15, -0.1) is 0 Å². The molecule has 0 unspecified atom stereocenters. The lowest BCUT2D eigenvalue weighted by molar-refractivity contribution is -0.121. The molecule has 0 bridgehead atoms. The molecule has 182 valence electrons. The Morgan fingerprint density at radius 2 is 1.86 bits per heavy atom. The standard InChI is InChI=1S/C27H29N3O5/c1-33-27(32)22-7-6-19-3-2-4-21(25(19)28-22)29-26(31)20-10-13-30(14-11-20)12-9-18-5-8-23-24(17-18)35-16-15-34-23/h2-8,17,20H,9-16H2,1H3,(H,29,31). The summed E-state index contributed by atoms with van der Waals surface area (Å²) in [6, 6.07) is 15.2. The van der Waals surface area contributed by atoms with Gasteiger partial charge in [-0.2, -0.15) is 0 Å². The van der Waals surface area contributed by atoms with E-state index in [4.69, 9.17) is 14.2 Å². The van der Waals surface area contributed by atoms with Crippen LogP contribution in [0.4, 0.5) is 5.69 Å². The van der Waals surface area contributed by atoms with Gasteiger partial charge in [0.2, 0.25) is 5.91 Å². The average Bonchev–Trinajstić information content (AvgIpc) is 2.91. The van der Waals surface area contributed by atoms with Gasteiger partial charge in [0, 0.05) is 17.8 Å². The number of esters is 1. The van der Waals surface area contributed by atoms with E-state index in [-0.39, 0.29) is 17.5 Å². The first-order valence-corrected chi connectivity index (χ1v) is 12.0. The number of para-hydroxylation sites is 1. The Kier molecular flexibility index (Phi) is 6.81. The largest absolute Gasteiger partial charge is 0.486 e. The molecule has 2 aliphatic rings. The van der Waals surface area contributed by atoms with E-state index in [0.29, 0.717) is 24.4 Å². The Morgan fingerprint density at radius 3 is 2.66 bits per heavy atom. The lowest BCUT2D eigenvalue weighted by Gasteiger charge is -2.31. The molecule has 8 heteroatoms. The maximum Gasteiger partial charge on any atom is 0.356 e. The number of nitrogens with zero attached hydrogens (tertiary/aromatic N) is 2. The molecule has 0 atom stereocenters. The first kappa shape index (κ1) is 23.1. The number of carbonyl (C=O) groups excluding carboxylic acids is 2. The molecule has 2 aliphatic heterocycles. The molecule has 1 aromatic heterocycles. The SMILES string of the molecule is COC(=O)c1ccc2cccc(NC(=O)C3CCN(CCc4ccc5c(c4)OCCO5)CC3)c2n1. The number of nitrogens with one attached hydrogen (secondary N) is 1. The van der Waals surface area contributed by atoms with Crippen LogP contribution in [0.25, 0.3) is 10.9 Å². The number of carbonyl (C=O) groups is 2. The minimum atomic E-state index is -0.503. The van der Waals surface area contributed by atoms with Gasteiger partial charge in [-0.05, 0) is 62.2 Å². The van der Waals surface area contributed by atoms with Crippen molar-refractivity contribution in [3.63, 3.8) is 0 Å². The van der Waals surface area contributed by atoms with E-state index in [1.165, 1.54) is 12.7 Å². The zero-order valence-corrected chi connectivity index (χ0v) is 19.8. The van der Waals surface area contributed by atoms with Crippen LogP contribution in [0.1, 0.15) is 28.9 Å². The summed E-state index contributed by atoms with van der Waals surface area (Å²) in [6.45, 7) is 3.89. The number of ether oxygens (including phenoxy) is 3. The minimum absolute atomic E-state index is 0.00532. The van der Waals surface area contributed by atoms with Crippen molar-refractivity contribution in [2.75, 3.05) is 45.3 Å². The van der Waals surface area contributed by atoms with E-state index in [9.17, 15) is 9.59 Å². The number of methoxy groups -OCH3 is 1. The third-order valence-corrected chi connectivity index (χ3v) is 6.65. The van der Waals surface area contributed by atoms with Gasteiger partial charge in [0.05, 0.1) is 18.3 Å². The summed E-state index contributed by atoms with van der Waals surface area (Å²) in [5.41, 5.74) is 2.64. The Labute approximate surface area is 204 Å². The molecule has 0 spiro atoms. The molecule has 3 aromatic rings. The highest BCUT2D eigenvalue weighted by molar-refractivity contribution is 6.02. The van der Waals surface area contributed by atoms with Crippen LogP contribution in [0.2, 0.25) is 0 Å². The van der Waals surface area contributed by atoms with Crippen LogP contribution in [-0.2, 0) is 16.0 Å². The number of fused-ring (bicyclic) bond motifs is 2. The molecule has 1 saturated heterocycles. The Balaban J connectivity index is 1.16. The highest BCUT2D eigenvalue weighted by Crippen LogP contribution is 2.31. The molecule has 1 fully saturated rings. The molecule has 2 aromatic carbocycles. The van der Waals surface area contributed by atoms with E-state index >= 15 is 0 Å². The number of aromatic nitrogens is 1. The van der Waals surface area contributed by atoms with Crippen molar-refractivity contribution < 1.29 is 23.8 Å². The maximum absolute atomic E-state index is 13.0. The summed E-state index contributed by atoms with van der Waals surface area (Å²) in [7, 11) is 1.32. The Hall–Kier alpha value is -3.65. The van der Waals surface area contributed by atoms with Gasteiger partial charge in [-0.3, -0.25) is 4.79 Å². The quantitative estimate of drug-likeness (QED) is 0.544. The fourth-order valence-electron chi connectivity index (χ4n) is 4.65. The Morgan fingerprint density at radius 1 is 1.06 bits per heavy atom. The number of rotatable bonds is 6. The number of likely N-dealkylation sites (tertiary alicyclic amines) is 1. The van der Waals surface area contributed by atoms with Gasteiger partial charge in [0.25, 0.3) is 0 Å². The molecule has 0 aliphatic carbocycles. The molecular formula is C27H29N3O5. The minimum Gasteiger partial charge on any atom is -0.486 e. The van der Waals surface area contributed by atoms with Crippen LogP contribution in [0.5, 0.6) is 11.5 Å². The number of benzene rings is 2. The van der Waals surface area contributed by atoms with Crippen molar-refractivity contribution in [1.29, 1.82) is 0 Å². The highest BCUT2D eigenvalue weighted by Gasteiger charge is 2.25. The van der Waals surface area contributed by atoms with Crippen LogP contribution in [-0.4, -0.2) is 61.7 Å². The van der Waals surface area contributed by atoms with Gasteiger partial charge in [-0.25, -0.2) is 9.78 Å². The topological polar surface area (TPSA) is 90.0 Å². The van der Waals surface area contributed by atoms with Crippen molar-refractivity contribution in [2.24, 2.45) is 5.92 Å². The summed E-state index contributed by atoms with van der Waals surface area (Å²) >= 11 is 0. The third-order valence-electron chi connectivity index (χ3n) is 6.65. The van der Waals surface area contributed by atoms with Gasteiger partial charge in [-0.1, -0.05) is 24.3 Å². The van der Waals surface area contributed by atoms with E-state index < -0.39 is 5.97 Å². The number of anilines is 1. The summed E-state index contributed by atoms with van der Waals surface area (Å²) in [5.74, 6) is 1.07. The number of hydrogen-bond acceptors (Lipinski definition) is 7. The van der Waals surface area contributed by atoms with E-state index in [1.54, 1.807) is 6.07 Å². The first-order valence-electron chi connectivity index (χ1n) is 12.0. The van der Waals surface area contributed by atoms with Crippen molar-refractivity contribution in [3.8, 4) is 11.5 Å². The smallest absolute Gasteiger partial charge is 0.356 e. The predicted molar refractivity (Wildman–Crippen MR) is 132 cm³/mol. The van der Waals surface area contributed by atoms with Crippen molar-refractivity contribution >= 4 is 28.5 Å². The summed E-state index contributed by atoms with van der Waals surface area (Å²) < 4.78 is 16.1. The second-order valence-corrected chi connectivity index (χ2v) is 8.90. The maximum atomic E-state index is 13.0. The van der Waals surface area contributed by atoms with E-state index in [1.807, 2.05) is 30.3 Å². The van der Waals surface area contributed by atoms with E-state index in [2.05, 4.69) is 27.3 Å². The average molecular weight is 476 g/mol. The van der Waals surface area contributed by atoms with Gasteiger partial charge in [0.1, 0.15) is 18.9 Å². The summed E-state index contributed by atoms with van der Waals surface area (Å²) in [5, 5.41) is 3.89. The van der Waals surface area contributed by atoms with Crippen molar-refractivity contribution in [1.82, 2.24) is 9.88 Å². The summed E-state index contributed by atoms with van der Waals surface area (Å²) in [6.07, 6.45) is 2.54. The van der Waals surface area contributed by atoms with Crippen molar-refractivity contribution in [3.05, 3.63) is 59.8 Å². The Bertz CT molecular complexity index is 1240. The number of pyridine rings is 1. The zero-order valence-electron chi connectivity index (χ0n) is 19.8. The van der Waals surface area contributed by atoms with Crippen LogP contribution < -0.4 is 14.8 Å². The van der Waals surface area contributed by atoms with Gasteiger partial charge in [0.15, 0.2) is 11.5 Å². The molecule has 0 saturated carbocycles. The third kappa shape index (κ3) is 5.22. The lowest BCUT2D eigenvalue weighted by atomic mass is 9.95. The lowest BCUT2D eigenvalue weighted by Crippen LogP contribution is -2.39. The summed E-state index contributed by atoms with van der Waals surface area (Å²) in [4.78, 5) is 31.7. The number of amides is 1. The molecule has 5 rings (SSSR count). The number of hydrogen-bond donors (Lipinski definition) is 1. The zero-order chi connectivity index (χ0) is 24.2. The molecular weight excluding hydrogens is 446 g/mol. The highest BCUT2D eigenvalue weighted by atomic mass is 16.6. The second-order valence-electron chi connectivity index (χ2n) is 8.90. The molecule has 3 heterocycles. The fourth-order valence-corrected chi connectivity index (χ4v) is 4.65. The predicted octanol–water partition coefficient (Wildman–Crippen LogP) is 3.69. The normalized spacial score (nSPS) is 16.1. The van der Waals surface area contributed by atoms with Gasteiger partial charge >= 0.3 is 5.97 Å². The van der Waals surface area contributed by atoms with Crippen LogP contribution in [0.15, 0.2) is 48.5 Å². The van der Waals surface area contributed by atoms with Crippen LogP contribution in [0, 0.1) is 5.92 Å².